The predicted octanol–water partition coefficient (Wildman–Crippen LogP) is 3.01. The zero-order valence-corrected chi connectivity index (χ0v) is 15.7. The molecule has 0 saturated carbocycles. The number of nitrogens with zero attached hydrogens (tertiary/aromatic N) is 4. The molecule has 1 aromatic carbocycles. The van der Waals surface area contributed by atoms with Crippen LogP contribution in [0.5, 0.6) is 0 Å². The number of H-pyrrole nitrogens is 1. The first-order valence-electron chi connectivity index (χ1n) is 8.84. The maximum absolute atomic E-state index is 13.1. The van der Waals surface area contributed by atoms with Gasteiger partial charge in [0.25, 0.3) is 0 Å². The van der Waals surface area contributed by atoms with Gasteiger partial charge in [-0.2, -0.15) is 5.10 Å². The van der Waals surface area contributed by atoms with Crippen LogP contribution in [0.2, 0.25) is 5.02 Å². The standard InChI is InChI=1S/C20H20ClN5O/c1-25-10-11-26(19-13-17(23-24-19)15-6-8-22-9-7-15)20(27)18(25)12-14-2-4-16(21)5-3-14/h2-9,13,18H,10-12H2,1H3,(H,23,24)/t18-/m1/s1. The number of piperazine rings is 1. The zero-order chi connectivity index (χ0) is 18.8. The lowest BCUT2D eigenvalue weighted by Gasteiger charge is -2.37. The van der Waals surface area contributed by atoms with Crippen LogP contribution in [0.1, 0.15) is 5.56 Å². The van der Waals surface area contributed by atoms with Crippen molar-refractivity contribution in [2.24, 2.45) is 0 Å². The third-order valence-corrected chi connectivity index (χ3v) is 5.19. The van der Waals surface area contributed by atoms with E-state index in [-0.39, 0.29) is 11.9 Å². The van der Waals surface area contributed by atoms with Gasteiger partial charge in [0.15, 0.2) is 5.82 Å². The number of hydrogen-bond acceptors (Lipinski definition) is 4. The smallest absolute Gasteiger partial charge is 0.245 e. The maximum Gasteiger partial charge on any atom is 0.245 e. The number of nitrogens with one attached hydrogen (secondary N) is 1. The van der Waals surface area contributed by atoms with E-state index in [4.69, 9.17) is 11.6 Å². The maximum atomic E-state index is 13.1. The molecule has 7 heteroatoms. The molecular weight excluding hydrogens is 362 g/mol. The number of carbonyl (C=O) groups is 1. The molecule has 1 fully saturated rings. The topological polar surface area (TPSA) is 65.1 Å². The minimum absolute atomic E-state index is 0.0616. The molecule has 0 spiro atoms. The van der Waals surface area contributed by atoms with E-state index >= 15 is 0 Å². The number of benzene rings is 1. The summed E-state index contributed by atoms with van der Waals surface area (Å²) in [7, 11) is 1.99. The summed E-state index contributed by atoms with van der Waals surface area (Å²) in [6, 6.07) is 13.2. The number of carbonyl (C=O) groups excluding carboxylic acids is 1. The second kappa shape index (κ2) is 7.50. The first kappa shape index (κ1) is 17.7. The van der Waals surface area contributed by atoms with E-state index < -0.39 is 0 Å². The molecule has 6 nitrogen and oxygen atoms in total. The number of rotatable bonds is 4. The summed E-state index contributed by atoms with van der Waals surface area (Å²) in [5.74, 6) is 0.715. The number of halogens is 1. The fraction of sp³-hybridized carbons (Fsp3) is 0.250. The van der Waals surface area contributed by atoms with E-state index in [1.807, 2.05) is 49.5 Å². The van der Waals surface area contributed by atoms with E-state index in [0.29, 0.717) is 23.8 Å². The van der Waals surface area contributed by atoms with Gasteiger partial charge in [-0.15, -0.1) is 0 Å². The summed E-state index contributed by atoms with van der Waals surface area (Å²) in [4.78, 5) is 21.0. The Bertz CT molecular complexity index is 925. The molecule has 2 aromatic heterocycles. The Morgan fingerprint density at radius 1 is 1.15 bits per heavy atom. The van der Waals surface area contributed by atoms with Crippen molar-refractivity contribution < 1.29 is 4.79 Å². The Morgan fingerprint density at radius 3 is 2.63 bits per heavy atom. The van der Waals surface area contributed by atoms with Crippen molar-refractivity contribution in [2.75, 3.05) is 25.0 Å². The summed E-state index contributed by atoms with van der Waals surface area (Å²) < 4.78 is 0. The molecule has 1 N–H and O–H groups in total. The fourth-order valence-electron chi connectivity index (χ4n) is 3.34. The number of anilines is 1. The minimum atomic E-state index is -0.221. The Hall–Kier alpha value is -2.70. The normalized spacial score (nSPS) is 18.1. The molecule has 0 unspecified atom stereocenters. The zero-order valence-electron chi connectivity index (χ0n) is 15.0. The molecule has 0 radical (unpaired) electrons. The highest BCUT2D eigenvalue weighted by Gasteiger charge is 2.34. The van der Waals surface area contributed by atoms with Gasteiger partial charge in [-0.25, -0.2) is 0 Å². The first-order chi connectivity index (χ1) is 13.1. The lowest BCUT2D eigenvalue weighted by Crippen LogP contribution is -2.56. The molecule has 1 atom stereocenters. The highest BCUT2D eigenvalue weighted by Crippen LogP contribution is 2.25. The highest BCUT2D eigenvalue weighted by atomic mass is 35.5. The molecule has 1 amide bonds. The molecular formula is C20H20ClN5O. The largest absolute Gasteiger partial charge is 0.293 e. The predicted molar refractivity (Wildman–Crippen MR) is 106 cm³/mol. The SMILES string of the molecule is CN1CCN(c2cc(-c3ccncc3)[nH]n2)C(=O)[C@H]1Cc1ccc(Cl)cc1. The number of hydrogen-bond donors (Lipinski definition) is 1. The Balaban J connectivity index is 1.54. The number of aromatic amines is 1. The van der Waals surface area contributed by atoms with Crippen LogP contribution >= 0.6 is 11.6 Å². The monoisotopic (exact) mass is 381 g/mol. The van der Waals surface area contributed by atoms with Crippen molar-refractivity contribution in [1.82, 2.24) is 20.1 Å². The lowest BCUT2D eigenvalue weighted by molar-refractivity contribution is -0.125. The van der Waals surface area contributed by atoms with Gasteiger partial charge < -0.3 is 0 Å². The summed E-state index contributed by atoms with van der Waals surface area (Å²) in [5, 5.41) is 8.09. The third-order valence-electron chi connectivity index (χ3n) is 4.93. The van der Waals surface area contributed by atoms with E-state index in [9.17, 15) is 4.79 Å². The molecule has 3 heterocycles. The van der Waals surface area contributed by atoms with Gasteiger partial charge in [-0.05, 0) is 43.3 Å². The van der Waals surface area contributed by atoms with Crippen LogP contribution in [0, 0.1) is 0 Å². The second-order valence-corrected chi connectivity index (χ2v) is 7.13. The van der Waals surface area contributed by atoms with E-state index in [1.165, 1.54) is 0 Å². The highest BCUT2D eigenvalue weighted by molar-refractivity contribution is 6.30. The minimum Gasteiger partial charge on any atom is -0.293 e. The molecule has 0 bridgehead atoms. The van der Waals surface area contributed by atoms with E-state index in [0.717, 1.165) is 23.4 Å². The van der Waals surface area contributed by atoms with Crippen molar-refractivity contribution in [1.29, 1.82) is 0 Å². The molecule has 27 heavy (non-hydrogen) atoms. The molecule has 1 aliphatic heterocycles. The third kappa shape index (κ3) is 3.72. The fourth-order valence-corrected chi connectivity index (χ4v) is 3.46. The Labute approximate surface area is 162 Å². The van der Waals surface area contributed by atoms with Crippen LogP contribution in [0.25, 0.3) is 11.3 Å². The van der Waals surface area contributed by atoms with Crippen molar-refractivity contribution in [3.63, 3.8) is 0 Å². The van der Waals surface area contributed by atoms with Crippen molar-refractivity contribution in [3.8, 4) is 11.3 Å². The summed E-state index contributed by atoms with van der Waals surface area (Å²) >= 11 is 5.97. The van der Waals surface area contributed by atoms with Gasteiger partial charge in [0.1, 0.15) is 0 Å². The number of likely N-dealkylation sites (N-methyl/N-ethyl adjacent to an activating group) is 1. The number of pyridine rings is 1. The van der Waals surface area contributed by atoms with Crippen LogP contribution in [0.4, 0.5) is 5.82 Å². The van der Waals surface area contributed by atoms with Gasteiger partial charge in [0.05, 0.1) is 11.7 Å². The quantitative estimate of drug-likeness (QED) is 0.754. The van der Waals surface area contributed by atoms with Crippen molar-refractivity contribution in [3.05, 3.63) is 65.4 Å². The Kier molecular flexibility index (Phi) is 4.92. The summed E-state index contributed by atoms with van der Waals surface area (Å²) in [6.45, 7) is 1.41. The number of amides is 1. The van der Waals surface area contributed by atoms with Gasteiger partial charge in [-0.1, -0.05) is 23.7 Å². The molecule has 0 aliphatic carbocycles. The van der Waals surface area contributed by atoms with Gasteiger partial charge in [0, 0.05) is 42.1 Å². The van der Waals surface area contributed by atoms with Crippen LogP contribution in [0.3, 0.4) is 0 Å². The lowest BCUT2D eigenvalue weighted by atomic mass is 10.0. The van der Waals surface area contributed by atoms with Gasteiger partial charge in [-0.3, -0.25) is 24.7 Å². The molecule has 1 saturated heterocycles. The van der Waals surface area contributed by atoms with Crippen molar-refractivity contribution in [2.45, 2.75) is 12.5 Å². The first-order valence-corrected chi connectivity index (χ1v) is 9.21. The number of aromatic nitrogens is 3. The average molecular weight is 382 g/mol. The van der Waals surface area contributed by atoms with Crippen LogP contribution in [-0.2, 0) is 11.2 Å². The molecule has 3 aromatic rings. The van der Waals surface area contributed by atoms with E-state index in [2.05, 4.69) is 20.1 Å². The van der Waals surface area contributed by atoms with Crippen LogP contribution in [0.15, 0.2) is 54.9 Å². The summed E-state index contributed by atoms with van der Waals surface area (Å²) in [6.07, 6.45) is 4.11. The van der Waals surface area contributed by atoms with E-state index in [1.54, 1.807) is 17.3 Å². The molecule has 1 aliphatic rings. The van der Waals surface area contributed by atoms with Crippen molar-refractivity contribution >= 4 is 23.3 Å². The van der Waals surface area contributed by atoms with Gasteiger partial charge in [0.2, 0.25) is 5.91 Å². The van der Waals surface area contributed by atoms with Gasteiger partial charge >= 0.3 is 0 Å². The second-order valence-electron chi connectivity index (χ2n) is 6.69. The average Bonchev–Trinajstić information content (AvgIpc) is 3.17. The molecule has 138 valence electrons. The van der Waals surface area contributed by atoms with Crippen LogP contribution in [-0.4, -0.2) is 52.2 Å². The Morgan fingerprint density at radius 2 is 1.89 bits per heavy atom. The summed E-state index contributed by atoms with van der Waals surface area (Å²) in [5.41, 5.74) is 2.95. The molecule has 4 rings (SSSR count). The van der Waals surface area contributed by atoms with Crippen LogP contribution < -0.4 is 4.90 Å².